The van der Waals surface area contributed by atoms with Crippen LogP contribution in [-0.2, 0) is 26.2 Å². The third-order valence-electron chi connectivity index (χ3n) is 5.52. The summed E-state index contributed by atoms with van der Waals surface area (Å²) >= 11 is 12.3. The SMILES string of the molecule is CCC(C(=O)NC)N(Cc1ccc(Cl)cc1Cl)C(=O)CN(c1ccc(C(C)C)cc1)S(C)(=O)=O. The number of rotatable bonds is 10. The molecule has 2 rings (SSSR count). The topological polar surface area (TPSA) is 86.8 Å². The summed E-state index contributed by atoms with van der Waals surface area (Å²) < 4.78 is 26.3. The van der Waals surface area contributed by atoms with Gasteiger partial charge in [-0.25, -0.2) is 8.42 Å². The van der Waals surface area contributed by atoms with Gasteiger partial charge in [0.15, 0.2) is 0 Å². The number of nitrogens with zero attached hydrogens (tertiary/aromatic N) is 2. The van der Waals surface area contributed by atoms with Crippen molar-refractivity contribution >= 4 is 50.7 Å². The van der Waals surface area contributed by atoms with E-state index in [2.05, 4.69) is 5.32 Å². The average molecular weight is 529 g/mol. The molecule has 0 aliphatic rings. The lowest BCUT2D eigenvalue weighted by molar-refractivity contribution is -0.140. The van der Waals surface area contributed by atoms with Crippen molar-refractivity contribution in [2.24, 2.45) is 0 Å². The van der Waals surface area contributed by atoms with E-state index in [1.54, 1.807) is 37.3 Å². The maximum Gasteiger partial charge on any atom is 0.244 e. The zero-order valence-corrected chi connectivity index (χ0v) is 22.3. The van der Waals surface area contributed by atoms with Gasteiger partial charge in [-0.2, -0.15) is 0 Å². The van der Waals surface area contributed by atoms with E-state index in [-0.39, 0.29) is 18.4 Å². The molecule has 0 saturated heterocycles. The van der Waals surface area contributed by atoms with Crippen molar-refractivity contribution in [1.82, 2.24) is 10.2 Å². The average Bonchev–Trinajstić information content (AvgIpc) is 2.77. The summed E-state index contributed by atoms with van der Waals surface area (Å²) in [6, 6.07) is 11.1. The molecule has 0 heterocycles. The first-order chi connectivity index (χ1) is 15.9. The van der Waals surface area contributed by atoms with Crippen LogP contribution in [0.25, 0.3) is 0 Å². The summed E-state index contributed by atoms with van der Waals surface area (Å²) in [7, 11) is -2.29. The minimum absolute atomic E-state index is 0.0185. The van der Waals surface area contributed by atoms with Crippen molar-refractivity contribution in [3.05, 3.63) is 63.6 Å². The van der Waals surface area contributed by atoms with Crippen molar-refractivity contribution in [3.8, 4) is 0 Å². The second-order valence-electron chi connectivity index (χ2n) is 8.31. The van der Waals surface area contributed by atoms with Crippen molar-refractivity contribution in [3.63, 3.8) is 0 Å². The van der Waals surface area contributed by atoms with E-state index in [1.165, 1.54) is 11.9 Å². The van der Waals surface area contributed by atoms with Gasteiger partial charge in [-0.15, -0.1) is 0 Å². The van der Waals surface area contributed by atoms with Crippen LogP contribution in [0.5, 0.6) is 0 Å². The van der Waals surface area contributed by atoms with Crippen LogP contribution in [0.15, 0.2) is 42.5 Å². The Hall–Kier alpha value is -2.29. The Morgan fingerprint density at radius 3 is 2.15 bits per heavy atom. The highest BCUT2D eigenvalue weighted by Crippen LogP contribution is 2.25. The van der Waals surface area contributed by atoms with Crippen LogP contribution in [0.4, 0.5) is 5.69 Å². The maximum atomic E-state index is 13.5. The van der Waals surface area contributed by atoms with Gasteiger partial charge in [0.1, 0.15) is 12.6 Å². The molecule has 186 valence electrons. The monoisotopic (exact) mass is 527 g/mol. The summed E-state index contributed by atoms with van der Waals surface area (Å²) in [5.41, 5.74) is 2.01. The highest BCUT2D eigenvalue weighted by atomic mass is 35.5. The number of nitrogens with one attached hydrogen (secondary N) is 1. The second kappa shape index (κ2) is 11.9. The Morgan fingerprint density at radius 1 is 1.06 bits per heavy atom. The molecule has 0 radical (unpaired) electrons. The minimum atomic E-state index is -3.78. The minimum Gasteiger partial charge on any atom is -0.357 e. The lowest BCUT2D eigenvalue weighted by atomic mass is 10.0. The number of hydrogen-bond acceptors (Lipinski definition) is 4. The van der Waals surface area contributed by atoms with Gasteiger partial charge in [0.2, 0.25) is 21.8 Å². The number of halogens is 2. The molecule has 7 nitrogen and oxygen atoms in total. The number of amides is 2. The molecule has 34 heavy (non-hydrogen) atoms. The van der Waals surface area contributed by atoms with Gasteiger partial charge < -0.3 is 10.2 Å². The van der Waals surface area contributed by atoms with Gasteiger partial charge in [-0.1, -0.05) is 62.2 Å². The molecule has 0 aromatic heterocycles. The fraction of sp³-hybridized carbons (Fsp3) is 0.417. The van der Waals surface area contributed by atoms with Crippen molar-refractivity contribution < 1.29 is 18.0 Å². The number of carbonyl (C=O) groups is 2. The van der Waals surface area contributed by atoms with Crippen LogP contribution in [0.1, 0.15) is 44.2 Å². The van der Waals surface area contributed by atoms with Crippen molar-refractivity contribution in [2.75, 3.05) is 24.2 Å². The van der Waals surface area contributed by atoms with E-state index in [4.69, 9.17) is 23.2 Å². The molecule has 1 unspecified atom stereocenters. The molecule has 0 bridgehead atoms. The first-order valence-electron chi connectivity index (χ1n) is 10.9. The number of benzene rings is 2. The lowest BCUT2D eigenvalue weighted by Crippen LogP contribution is -2.51. The number of anilines is 1. The largest absolute Gasteiger partial charge is 0.357 e. The van der Waals surface area contributed by atoms with E-state index >= 15 is 0 Å². The summed E-state index contributed by atoms with van der Waals surface area (Å²) in [6.45, 7) is 5.42. The fourth-order valence-electron chi connectivity index (χ4n) is 3.56. The molecule has 10 heteroatoms. The lowest BCUT2D eigenvalue weighted by Gasteiger charge is -2.32. The number of carbonyl (C=O) groups excluding carboxylic acids is 2. The first kappa shape index (κ1) is 28.0. The standard InChI is InChI=1S/C24H31Cl2N3O4S/c1-6-22(24(31)27-4)28(14-18-7-10-19(25)13-21(18)26)23(30)15-29(34(5,32)33)20-11-8-17(9-12-20)16(2)3/h7-13,16,22H,6,14-15H2,1-5H3,(H,27,31). The van der Waals surface area contributed by atoms with Gasteiger partial charge in [0.25, 0.3) is 0 Å². The molecular formula is C24H31Cl2N3O4S. The zero-order chi connectivity index (χ0) is 25.6. The van der Waals surface area contributed by atoms with Crippen LogP contribution in [0.2, 0.25) is 10.0 Å². The van der Waals surface area contributed by atoms with Crippen LogP contribution in [0.3, 0.4) is 0 Å². The Morgan fingerprint density at radius 2 is 1.68 bits per heavy atom. The third kappa shape index (κ3) is 7.10. The van der Waals surface area contributed by atoms with E-state index in [9.17, 15) is 18.0 Å². The predicted octanol–water partition coefficient (Wildman–Crippen LogP) is 4.44. The van der Waals surface area contributed by atoms with Crippen LogP contribution >= 0.6 is 23.2 Å². The Bertz CT molecular complexity index is 1120. The van der Waals surface area contributed by atoms with Gasteiger partial charge >= 0.3 is 0 Å². The van der Waals surface area contributed by atoms with Crippen LogP contribution in [-0.4, -0.2) is 51.0 Å². The first-order valence-corrected chi connectivity index (χ1v) is 13.5. The highest BCUT2D eigenvalue weighted by molar-refractivity contribution is 7.92. The fourth-order valence-corrected chi connectivity index (χ4v) is 4.88. The number of sulfonamides is 1. The molecule has 1 atom stereocenters. The van der Waals surface area contributed by atoms with Crippen LogP contribution < -0.4 is 9.62 Å². The van der Waals surface area contributed by atoms with Gasteiger partial charge in [0, 0.05) is 23.6 Å². The molecule has 2 aromatic carbocycles. The van der Waals surface area contributed by atoms with E-state index in [0.717, 1.165) is 16.1 Å². The number of hydrogen-bond donors (Lipinski definition) is 1. The van der Waals surface area contributed by atoms with Crippen molar-refractivity contribution in [1.29, 1.82) is 0 Å². The van der Waals surface area contributed by atoms with Crippen molar-refractivity contribution in [2.45, 2.75) is 45.7 Å². The molecule has 0 aliphatic heterocycles. The normalized spacial score (nSPS) is 12.4. The van der Waals surface area contributed by atoms with Gasteiger partial charge in [-0.05, 0) is 47.7 Å². The third-order valence-corrected chi connectivity index (χ3v) is 7.24. The summed E-state index contributed by atoms with van der Waals surface area (Å²) in [4.78, 5) is 27.5. The quantitative estimate of drug-likeness (QED) is 0.494. The van der Waals surface area contributed by atoms with E-state index in [0.29, 0.717) is 27.7 Å². The Balaban J connectivity index is 2.45. The molecule has 0 spiro atoms. The highest BCUT2D eigenvalue weighted by Gasteiger charge is 2.31. The zero-order valence-electron chi connectivity index (χ0n) is 20.0. The maximum absolute atomic E-state index is 13.5. The summed E-state index contributed by atoms with van der Waals surface area (Å²) in [5, 5.41) is 3.37. The number of likely N-dealkylation sites (N-methyl/N-ethyl adjacent to an activating group) is 1. The molecular weight excluding hydrogens is 497 g/mol. The second-order valence-corrected chi connectivity index (χ2v) is 11.1. The van der Waals surface area contributed by atoms with Crippen LogP contribution in [0, 0.1) is 0 Å². The molecule has 1 N–H and O–H groups in total. The molecule has 0 saturated carbocycles. The predicted molar refractivity (Wildman–Crippen MR) is 138 cm³/mol. The molecule has 2 aromatic rings. The Labute approximate surface area is 212 Å². The molecule has 0 aliphatic carbocycles. The molecule has 0 fully saturated rings. The Kier molecular flexibility index (Phi) is 9.79. The summed E-state index contributed by atoms with van der Waals surface area (Å²) in [6.07, 6.45) is 1.38. The van der Waals surface area contributed by atoms with E-state index < -0.39 is 28.5 Å². The van der Waals surface area contributed by atoms with Gasteiger partial charge in [0.05, 0.1) is 11.9 Å². The van der Waals surface area contributed by atoms with Gasteiger partial charge in [-0.3, -0.25) is 13.9 Å². The molecule has 2 amide bonds. The summed E-state index contributed by atoms with van der Waals surface area (Å²) in [5.74, 6) is -0.604. The van der Waals surface area contributed by atoms with E-state index in [1.807, 2.05) is 26.0 Å². The smallest absolute Gasteiger partial charge is 0.244 e.